The maximum atomic E-state index is 9.42. The number of nitriles is 1. The first-order valence-corrected chi connectivity index (χ1v) is 10.5. The normalized spacial score (nSPS) is 13.8. The van der Waals surface area contributed by atoms with E-state index in [0.717, 1.165) is 66.5 Å². The fourth-order valence-corrected chi connectivity index (χ4v) is 3.81. The molecule has 0 bridgehead atoms. The number of aryl methyl sites for hydroxylation is 1. The van der Waals surface area contributed by atoms with Gasteiger partial charge in [-0.25, -0.2) is 15.0 Å². The zero-order chi connectivity index (χ0) is 21.6. The standard InChI is InChI=1S/C24H26N6O/c1-17-10-20(13-23(29-17)30-6-8-31-9-7-30)12-21-11-18(14-26)2-3-22(21)24-27-15-19(4-5-25)16-28-24/h2-3,10-11,13,15-16H,4-9,12,25H2,1H3. The summed E-state index contributed by atoms with van der Waals surface area (Å²) in [4.78, 5) is 16.1. The zero-order valence-corrected chi connectivity index (χ0v) is 17.7. The van der Waals surface area contributed by atoms with Crippen LogP contribution in [0.1, 0.15) is 27.9 Å². The lowest BCUT2D eigenvalue weighted by molar-refractivity contribution is 0.122. The molecule has 4 rings (SSSR count). The van der Waals surface area contributed by atoms with Crippen LogP contribution in [0.15, 0.2) is 42.7 Å². The molecule has 0 amide bonds. The van der Waals surface area contributed by atoms with Crippen molar-refractivity contribution in [2.75, 3.05) is 37.7 Å². The number of pyridine rings is 1. The zero-order valence-electron chi connectivity index (χ0n) is 17.7. The largest absolute Gasteiger partial charge is 0.378 e. The van der Waals surface area contributed by atoms with Crippen molar-refractivity contribution >= 4 is 5.82 Å². The number of morpholine rings is 1. The quantitative estimate of drug-likeness (QED) is 0.662. The van der Waals surface area contributed by atoms with Crippen LogP contribution in [0, 0.1) is 18.3 Å². The topological polar surface area (TPSA) is 101 Å². The summed E-state index contributed by atoms with van der Waals surface area (Å²) in [5.74, 6) is 1.62. The Morgan fingerprint density at radius 1 is 1.10 bits per heavy atom. The van der Waals surface area contributed by atoms with Gasteiger partial charge in [0.05, 0.1) is 24.8 Å². The van der Waals surface area contributed by atoms with E-state index in [2.05, 4.69) is 33.1 Å². The van der Waals surface area contributed by atoms with E-state index in [-0.39, 0.29) is 0 Å². The molecule has 0 atom stereocenters. The van der Waals surface area contributed by atoms with Gasteiger partial charge in [0.2, 0.25) is 0 Å². The van der Waals surface area contributed by atoms with Gasteiger partial charge < -0.3 is 15.4 Å². The minimum absolute atomic E-state index is 0.567. The van der Waals surface area contributed by atoms with Crippen LogP contribution in [-0.2, 0) is 17.6 Å². The van der Waals surface area contributed by atoms with Crippen molar-refractivity contribution in [2.24, 2.45) is 5.73 Å². The first kappa shape index (κ1) is 20.9. The summed E-state index contributed by atoms with van der Waals surface area (Å²) in [7, 11) is 0. The highest BCUT2D eigenvalue weighted by molar-refractivity contribution is 5.63. The number of nitrogens with two attached hydrogens (primary N) is 1. The Bertz CT molecular complexity index is 1080. The number of hydrogen-bond acceptors (Lipinski definition) is 7. The SMILES string of the molecule is Cc1cc(Cc2cc(C#N)ccc2-c2ncc(CCN)cn2)cc(N2CCOCC2)n1. The van der Waals surface area contributed by atoms with Crippen molar-refractivity contribution in [3.05, 3.63) is 70.7 Å². The minimum Gasteiger partial charge on any atom is -0.378 e. The van der Waals surface area contributed by atoms with Crippen LogP contribution in [0.25, 0.3) is 11.4 Å². The Labute approximate surface area is 182 Å². The van der Waals surface area contributed by atoms with Crippen LogP contribution in [0.5, 0.6) is 0 Å². The number of hydrogen-bond donors (Lipinski definition) is 1. The maximum Gasteiger partial charge on any atom is 0.159 e. The third-order valence-electron chi connectivity index (χ3n) is 5.34. The molecule has 0 unspecified atom stereocenters. The molecule has 158 valence electrons. The summed E-state index contributed by atoms with van der Waals surface area (Å²) in [5.41, 5.74) is 11.3. The van der Waals surface area contributed by atoms with Gasteiger partial charge in [-0.05, 0) is 73.3 Å². The van der Waals surface area contributed by atoms with E-state index in [1.807, 2.05) is 37.5 Å². The number of benzene rings is 1. The van der Waals surface area contributed by atoms with Gasteiger partial charge in [0.15, 0.2) is 5.82 Å². The number of nitrogens with zero attached hydrogens (tertiary/aromatic N) is 5. The first-order valence-electron chi connectivity index (χ1n) is 10.5. The monoisotopic (exact) mass is 414 g/mol. The molecular weight excluding hydrogens is 388 g/mol. The average Bonchev–Trinajstić information content (AvgIpc) is 2.80. The molecule has 2 N–H and O–H groups in total. The Balaban J connectivity index is 1.67. The molecule has 7 nitrogen and oxygen atoms in total. The smallest absolute Gasteiger partial charge is 0.159 e. The average molecular weight is 415 g/mol. The van der Waals surface area contributed by atoms with Gasteiger partial charge in [-0.1, -0.05) is 0 Å². The Morgan fingerprint density at radius 2 is 1.87 bits per heavy atom. The van der Waals surface area contributed by atoms with E-state index in [1.54, 1.807) is 0 Å². The van der Waals surface area contributed by atoms with Crippen molar-refractivity contribution in [3.63, 3.8) is 0 Å². The highest BCUT2D eigenvalue weighted by Crippen LogP contribution is 2.26. The van der Waals surface area contributed by atoms with E-state index in [1.165, 1.54) is 0 Å². The van der Waals surface area contributed by atoms with Crippen LogP contribution >= 0.6 is 0 Å². The maximum absolute atomic E-state index is 9.42. The fraction of sp³-hybridized carbons (Fsp3) is 0.333. The molecule has 1 saturated heterocycles. The highest BCUT2D eigenvalue weighted by Gasteiger charge is 2.15. The van der Waals surface area contributed by atoms with Gasteiger partial charge in [-0.15, -0.1) is 0 Å². The van der Waals surface area contributed by atoms with Crippen LogP contribution in [0.3, 0.4) is 0 Å². The molecule has 3 aromatic rings. The van der Waals surface area contributed by atoms with Gasteiger partial charge in [-0.2, -0.15) is 5.26 Å². The molecule has 0 saturated carbocycles. The van der Waals surface area contributed by atoms with Crippen LogP contribution in [0.2, 0.25) is 0 Å². The predicted octanol–water partition coefficient (Wildman–Crippen LogP) is 2.65. The second kappa shape index (κ2) is 9.65. The van der Waals surface area contributed by atoms with Gasteiger partial charge in [0.1, 0.15) is 5.82 Å². The molecule has 0 spiro atoms. The third kappa shape index (κ3) is 5.05. The van der Waals surface area contributed by atoms with E-state index in [9.17, 15) is 5.26 Å². The van der Waals surface area contributed by atoms with Crippen LogP contribution < -0.4 is 10.6 Å². The summed E-state index contributed by atoms with van der Waals surface area (Å²) >= 11 is 0. The summed E-state index contributed by atoms with van der Waals surface area (Å²) < 4.78 is 5.47. The van der Waals surface area contributed by atoms with Crippen molar-refractivity contribution in [3.8, 4) is 17.5 Å². The van der Waals surface area contributed by atoms with Crippen molar-refractivity contribution in [2.45, 2.75) is 19.8 Å². The second-order valence-electron chi connectivity index (χ2n) is 7.69. The van der Waals surface area contributed by atoms with Gasteiger partial charge >= 0.3 is 0 Å². The van der Waals surface area contributed by atoms with E-state index >= 15 is 0 Å². The number of anilines is 1. The summed E-state index contributed by atoms with van der Waals surface area (Å²) in [6.45, 7) is 5.70. The second-order valence-corrected chi connectivity index (χ2v) is 7.69. The molecule has 0 radical (unpaired) electrons. The minimum atomic E-state index is 0.567. The first-order chi connectivity index (χ1) is 15.2. The molecular formula is C24H26N6O. The lowest BCUT2D eigenvalue weighted by Crippen LogP contribution is -2.36. The lowest BCUT2D eigenvalue weighted by Gasteiger charge is -2.28. The molecule has 1 aliphatic rings. The molecule has 7 heteroatoms. The van der Waals surface area contributed by atoms with Gasteiger partial charge in [0.25, 0.3) is 0 Å². The molecule has 1 aromatic carbocycles. The Morgan fingerprint density at radius 3 is 2.58 bits per heavy atom. The lowest BCUT2D eigenvalue weighted by atomic mass is 9.97. The van der Waals surface area contributed by atoms with Gasteiger partial charge in [-0.3, -0.25) is 0 Å². The number of ether oxygens (including phenoxy) is 1. The molecule has 0 aliphatic carbocycles. The predicted molar refractivity (Wildman–Crippen MR) is 120 cm³/mol. The van der Waals surface area contributed by atoms with Crippen molar-refractivity contribution in [1.29, 1.82) is 5.26 Å². The van der Waals surface area contributed by atoms with Crippen molar-refractivity contribution in [1.82, 2.24) is 15.0 Å². The van der Waals surface area contributed by atoms with Crippen LogP contribution in [-0.4, -0.2) is 47.8 Å². The summed E-state index contributed by atoms with van der Waals surface area (Å²) in [6.07, 6.45) is 5.06. The Hall–Kier alpha value is -3.34. The van der Waals surface area contributed by atoms with Crippen molar-refractivity contribution < 1.29 is 4.74 Å². The molecule has 3 heterocycles. The van der Waals surface area contributed by atoms with Gasteiger partial charge in [0, 0.05) is 36.7 Å². The van der Waals surface area contributed by atoms with Crippen LogP contribution in [0.4, 0.5) is 5.82 Å². The van der Waals surface area contributed by atoms with E-state index in [4.69, 9.17) is 15.5 Å². The molecule has 1 aliphatic heterocycles. The fourth-order valence-electron chi connectivity index (χ4n) is 3.81. The van der Waals surface area contributed by atoms with E-state index < -0.39 is 0 Å². The number of rotatable bonds is 6. The third-order valence-corrected chi connectivity index (χ3v) is 5.34. The summed E-state index contributed by atoms with van der Waals surface area (Å²) in [5, 5.41) is 9.42. The molecule has 1 fully saturated rings. The highest BCUT2D eigenvalue weighted by atomic mass is 16.5. The summed E-state index contributed by atoms with van der Waals surface area (Å²) in [6, 6.07) is 12.1. The molecule has 2 aromatic heterocycles. The molecule has 31 heavy (non-hydrogen) atoms. The Kier molecular flexibility index (Phi) is 6.51. The number of aromatic nitrogens is 3. The van der Waals surface area contributed by atoms with E-state index in [0.29, 0.717) is 24.4 Å².